The van der Waals surface area contributed by atoms with Crippen LogP contribution in [0.2, 0.25) is 0 Å². The van der Waals surface area contributed by atoms with E-state index >= 15 is 0 Å². The Morgan fingerprint density at radius 1 is 0.578 bits per heavy atom. The molecule has 1 aliphatic rings. The van der Waals surface area contributed by atoms with Crippen molar-refractivity contribution in [2.45, 2.75) is 72.4 Å². The number of hydrogen-bond acceptors (Lipinski definition) is 9. The SMILES string of the molecule is CC(C)(C(=O)OCc1ccccc1)C1CN(C(C)(C)C(=O)OCc2ccccc2)NN(C(C)(C)C(=O)OCc2ccccc2)C1. The van der Waals surface area contributed by atoms with Gasteiger partial charge >= 0.3 is 17.9 Å². The maximum Gasteiger partial charge on any atom is 0.327 e. The van der Waals surface area contributed by atoms with Gasteiger partial charge in [0, 0.05) is 19.0 Å². The van der Waals surface area contributed by atoms with Crippen molar-refractivity contribution in [2.24, 2.45) is 11.3 Å². The molecule has 0 aromatic heterocycles. The summed E-state index contributed by atoms with van der Waals surface area (Å²) in [7, 11) is 0. The number of nitrogens with one attached hydrogen (secondary N) is 1. The minimum atomic E-state index is -1.17. The van der Waals surface area contributed by atoms with Crippen molar-refractivity contribution in [2.75, 3.05) is 13.1 Å². The van der Waals surface area contributed by atoms with E-state index in [9.17, 15) is 14.4 Å². The molecule has 0 saturated carbocycles. The van der Waals surface area contributed by atoms with Gasteiger partial charge in [0.2, 0.25) is 0 Å². The van der Waals surface area contributed by atoms with Gasteiger partial charge in [0.1, 0.15) is 30.9 Å². The van der Waals surface area contributed by atoms with Crippen LogP contribution in [0.4, 0.5) is 0 Å². The highest BCUT2D eigenvalue weighted by atomic mass is 16.5. The zero-order chi connectivity index (χ0) is 32.7. The first-order valence-corrected chi connectivity index (χ1v) is 15.3. The molecule has 240 valence electrons. The summed E-state index contributed by atoms with van der Waals surface area (Å²) in [6.07, 6.45) is 0. The summed E-state index contributed by atoms with van der Waals surface area (Å²) in [5, 5.41) is 3.49. The van der Waals surface area contributed by atoms with Crippen LogP contribution in [-0.4, -0.2) is 52.1 Å². The highest BCUT2D eigenvalue weighted by Gasteiger charge is 2.51. The fourth-order valence-electron chi connectivity index (χ4n) is 4.98. The highest BCUT2D eigenvalue weighted by molar-refractivity contribution is 5.81. The van der Waals surface area contributed by atoms with E-state index < -0.39 is 28.4 Å². The van der Waals surface area contributed by atoms with Crippen molar-refractivity contribution in [3.63, 3.8) is 0 Å². The molecular weight excluding hydrogens is 570 g/mol. The van der Waals surface area contributed by atoms with Gasteiger partial charge in [-0.3, -0.25) is 4.79 Å². The summed E-state index contributed by atoms with van der Waals surface area (Å²) in [5.41, 5.74) is 2.63. The molecule has 0 unspecified atom stereocenters. The molecule has 3 aromatic rings. The first-order chi connectivity index (χ1) is 21.3. The first kappa shape index (κ1) is 33.8. The number of ether oxygens (including phenoxy) is 3. The standard InChI is InChI=1S/C36H45N3O6/c1-34(2,31(40)43-24-27-16-10-7-11-17-27)30-22-38(35(3,4)32(41)44-25-28-18-12-8-13-19-28)37-39(23-30)36(5,6)33(42)45-26-29-20-14-9-15-21-29/h7-21,30,37H,22-26H2,1-6H3. The minimum Gasteiger partial charge on any atom is -0.460 e. The van der Waals surface area contributed by atoms with Gasteiger partial charge in [0.05, 0.1) is 5.41 Å². The molecule has 0 spiro atoms. The summed E-state index contributed by atoms with van der Waals surface area (Å²) in [6.45, 7) is 11.7. The van der Waals surface area contributed by atoms with E-state index in [1.54, 1.807) is 37.7 Å². The van der Waals surface area contributed by atoms with Crippen LogP contribution >= 0.6 is 0 Å². The van der Waals surface area contributed by atoms with Gasteiger partial charge in [-0.2, -0.15) is 5.53 Å². The second kappa shape index (κ2) is 14.4. The normalized spacial score (nSPS) is 15.3. The number of esters is 3. The Morgan fingerprint density at radius 2 is 0.889 bits per heavy atom. The van der Waals surface area contributed by atoms with Crippen LogP contribution in [0, 0.1) is 11.3 Å². The van der Waals surface area contributed by atoms with E-state index in [0.29, 0.717) is 13.1 Å². The third-order valence-electron chi connectivity index (χ3n) is 8.58. The van der Waals surface area contributed by atoms with E-state index in [0.717, 1.165) is 16.7 Å². The summed E-state index contributed by atoms with van der Waals surface area (Å²) in [4.78, 5) is 40.6. The van der Waals surface area contributed by atoms with Crippen molar-refractivity contribution in [1.29, 1.82) is 0 Å². The van der Waals surface area contributed by atoms with Gasteiger partial charge in [-0.15, -0.1) is 0 Å². The number of rotatable bonds is 12. The van der Waals surface area contributed by atoms with Crippen molar-refractivity contribution in [3.8, 4) is 0 Å². The van der Waals surface area contributed by atoms with Crippen molar-refractivity contribution >= 4 is 17.9 Å². The average Bonchev–Trinajstić information content (AvgIpc) is 3.06. The molecule has 0 atom stereocenters. The Bertz CT molecular complexity index is 1250. The molecular formula is C36H45N3O6. The highest BCUT2D eigenvalue weighted by Crippen LogP contribution is 2.36. The van der Waals surface area contributed by atoms with Crippen LogP contribution in [0.15, 0.2) is 91.0 Å². The van der Waals surface area contributed by atoms with Gasteiger partial charge in [-0.25, -0.2) is 19.6 Å². The second-order valence-electron chi connectivity index (χ2n) is 13.0. The zero-order valence-electron chi connectivity index (χ0n) is 27.1. The molecule has 1 saturated heterocycles. The number of nitrogens with zero attached hydrogens (tertiary/aromatic N) is 2. The lowest BCUT2D eigenvalue weighted by Gasteiger charge is -2.52. The largest absolute Gasteiger partial charge is 0.460 e. The molecule has 0 amide bonds. The van der Waals surface area contributed by atoms with E-state index in [1.165, 1.54) is 0 Å². The maximum absolute atomic E-state index is 13.6. The fraction of sp³-hybridized carbons (Fsp3) is 0.417. The summed E-state index contributed by atoms with van der Waals surface area (Å²) in [5.74, 6) is -1.61. The Hall–Kier alpha value is -4.05. The smallest absolute Gasteiger partial charge is 0.327 e. The minimum absolute atomic E-state index is 0.124. The zero-order valence-corrected chi connectivity index (χ0v) is 27.1. The average molecular weight is 616 g/mol. The van der Waals surface area contributed by atoms with Gasteiger partial charge in [0.15, 0.2) is 0 Å². The van der Waals surface area contributed by atoms with Crippen molar-refractivity contribution < 1.29 is 28.6 Å². The molecule has 1 fully saturated rings. The summed E-state index contributed by atoms with van der Waals surface area (Å²) in [6, 6.07) is 28.5. The van der Waals surface area contributed by atoms with Crippen molar-refractivity contribution in [3.05, 3.63) is 108 Å². The molecule has 9 nitrogen and oxygen atoms in total. The number of carbonyl (C=O) groups excluding carboxylic acids is 3. The van der Waals surface area contributed by atoms with Crippen LogP contribution in [0.3, 0.4) is 0 Å². The molecule has 45 heavy (non-hydrogen) atoms. The van der Waals surface area contributed by atoms with E-state index in [-0.39, 0.29) is 31.7 Å². The molecule has 9 heteroatoms. The van der Waals surface area contributed by atoms with Crippen LogP contribution < -0.4 is 5.53 Å². The second-order valence-corrected chi connectivity index (χ2v) is 13.0. The van der Waals surface area contributed by atoms with E-state index in [1.807, 2.05) is 105 Å². The molecule has 0 bridgehead atoms. The van der Waals surface area contributed by atoms with E-state index in [4.69, 9.17) is 14.2 Å². The third kappa shape index (κ3) is 8.36. The van der Waals surface area contributed by atoms with E-state index in [2.05, 4.69) is 5.53 Å². The van der Waals surface area contributed by atoms with Crippen LogP contribution in [0.25, 0.3) is 0 Å². The van der Waals surface area contributed by atoms with Gasteiger partial charge in [-0.1, -0.05) is 91.0 Å². The monoisotopic (exact) mass is 615 g/mol. The fourth-order valence-corrected chi connectivity index (χ4v) is 4.98. The Labute approximate surface area is 266 Å². The lowest BCUT2D eigenvalue weighted by Crippen LogP contribution is -2.73. The van der Waals surface area contributed by atoms with Gasteiger partial charge in [-0.05, 0) is 58.2 Å². The van der Waals surface area contributed by atoms with Crippen molar-refractivity contribution in [1.82, 2.24) is 15.6 Å². The predicted molar refractivity (Wildman–Crippen MR) is 171 cm³/mol. The lowest BCUT2D eigenvalue weighted by atomic mass is 9.77. The molecule has 0 radical (unpaired) electrons. The first-order valence-electron chi connectivity index (χ1n) is 15.3. The number of carbonyl (C=O) groups is 3. The number of hydrazine groups is 2. The van der Waals surface area contributed by atoms with Crippen LogP contribution in [0.1, 0.15) is 58.2 Å². The Balaban J connectivity index is 1.55. The number of benzene rings is 3. The van der Waals surface area contributed by atoms with Crippen LogP contribution in [-0.2, 0) is 48.4 Å². The maximum atomic E-state index is 13.6. The quantitative estimate of drug-likeness (QED) is 0.211. The molecule has 3 aromatic carbocycles. The third-order valence-corrected chi connectivity index (χ3v) is 8.58. The molecule has 0 aliphatic carbocycles. The van der Waals surface area contributed by atoms with Gasteiger partial charge in [0.25, 0.3) is 0 Å². The molecule has 1 heterocycles. The Morgan fingerprint density at radius 3 is 1.22 bits per heavy atom. The topological polar surface area (TPSA) is 97.4 Å². The number of hydrogen-bond donors (Lipinski definition) is 1. The summed E-state index contributed by atoms with van der Waals surface area (Å²) >= 11 is 0. The molecule has 1 aliphatic heterocycles. The Kier molecular flexibility index (Phi) is 10.8. The van der Waals surface area contributed by atoms with Crippen LogP contribution in [0.5, 0.6) is 0 Å². The predicted octanol–water partition coefficient (Wildman–Crippen LogP) is 5.45. The summed E-state index contributed by atoms with van der Waals surface area (Å²) < 4.78 is 17.2. The molecule has 1 N–H and O–H groups in total. The van der Waals surface area contributed by atoms with Gasteiger partial charge < -0.3 is 14.2 Å². The molecule has 4 rings (SSSR count). The lowest BCUT2D eigenvalue weighted by molar-refractivity contribution is -0.196.